The number of rotatable bonds is 4. The van der Waals surface area contributed by atoms with Crippen molar-refractivity contribution >= 4 is 5.91 Å². The van der Waals surface area contributed by atoms with Gasteiger partial charge in [0.05, 0.1) is 13.2 Å². The molecule has 0 aliphatic carbocycles. The van der Waals surface area contributed by atoms with Gasteiger partial charge in [0.2, 0.25) is 0 Å². The number of hydrogen-bond donors (Lipinski definition) is 1. The predicted molar refractivity (Wildman–Crippen MR) is 58.0 cm³/mol. The number of aliphatic hydroxyl groups is 1. The Balaban J connectivity index is 2.18. The van der Waals surface area contributed by atoms with Gasteiger partial charge in [-0.2, -0.15) is 0 Å². The summed E-state index contributed by atoms with van der Waals surface area (Å²) in [4.78, 5) is 13.6. The summed E-state index contributed by atoms with van der Waals surface area (Å²) in [5.74, 6) is -0.161. The first-order chi connectivity index (χ1) is 8.22. The predicted octanol–water partition coefficient (Wildman–Crippen LogP) is -0.519. The van der Waals surface area contributed by atoms with Crippen molar-refractivity contribution in [2.75, 3.05) is 27.4 Å². The monoisotopic (exact) mass is 243 g/mol. The Hall–Kier alpha value is -0.950. The lowest BCUT2D eigenvalue weighted by Gasteiger charge is -2.30. The molecule has 0 aromatic heterocycles. The number of likely N-dealkylation sites (tertiary alicyclic amines) is 1. The van der Waals surface area contributed by atoms with Gasteiger partial charge in [0.15, 0.2) is 6.23 Å². The Morgan fingerprint density at radius 1 is 1.53 bits per heavy atom. The first kappa shape index (κ1) is 12.5. The fourth-order valence-electron chi connectivity index (χ4n) is 2.23. The molecule has 3 atom stereocenters. The van der Waals surface area contributed by atoms with Crippen LogP contribution in [0.25, 0.3) is 0 Å². The molecule has 96 valence electrons. The topological polar surface area (TPSA) is 68.2 Å². The van der Waals surface area contributed by atoms with Gasteiger partial charge in [-0.15, -0.1) is 0 Å². The molecule has 0 bridgehead atoms. The fraction of sp³-hybridized carbons (Fsp3) is 0.727. The third kappa shape index (κ3) is 2.09. The van der Waals surface area contributed by atoms with E-state index in [1.807, 2.05) is 0 Å². The zero-order valence-corrected chi connectivity index (χ0v) is 9.96. The average Bonchev–Trinajstić information content (AvgIpc) is 2.92. The summed E-state index contributed by atoms with van der Waals surface area (Å²) >= 11 is 0. The third-order valence-corrected chi connectivity index (χ3v) is 3.16. The summed E-state index contributed by atoms with van der Waals surface area (Å²) in [5, 5.41) is 9.21. The molecule has 1 amide bonds. The maximum atomic E-state index is 12.1. The summed E-state index contributed by atoms with van der Waals surface area (Å²) in [7, 11) is 3.04. The summed E-state index contributed by atoms with van der Waals surface area (Å²) in [6.07, 6.45) is 0.863. The van der Waals surface area contributed by atoms with Gasteiger partial charge in [-0.05, 0) is 0 Å². The molecule has 0 aromatic carbocycles. The number of aliphatic hydroxyl groups excluding tert-OH is 1. The van der Waals surface area contributed by atoms with Crippen LogP contribution in [-0.4, -0.2) is 61.9 Å². The zero-order valence-electron chi connectivity index (χ0n) is 9.96. The molecule has 1 fully saturated rings. The third-order valence-electron chi connectivity index (χ3n) is 3.16. The van der Waals surface area contributed by atoms with Gasteiger partial charge in [0.1, 0.15) is 12.3 Å². The molecular weight excluding hydrogens is 226 g/mol. The minimum atomic E-state index is -0.530. The van der Waals surface area contributed by atoms with Gasteiger partial charge in [-0.3, -0.25) is 9.69 Å². The van der Waals surface area contributed by atoms with Crippen LogP contribution in [-0.2, 0) is 19.0 Å². The molecule has 2 rings (SSSR count). The van der Waals surface area contributed by atoms with Crippen molar-refractivity contribution in [2.24, 2.45) is 0 Å². The van der Waals surface area contributed by atoms with Crippen LogP contribution in [0, 0.1) is 0 Å². The van der Waals surface area contributed by atoms with Crippen molar-refractivity contribution in [3.8, 4) is 0 Å². The highest BCUT2D eigenvalue weighted by Crippen LogP contribution is 2.29. The van der Waals surface area contributed by atoms with Crippen molar-refractivity contribution in [1.82, 2.24) is 4.90 Å². The molecule has 1 N–H and O–H groups in total. The average molecular weight is 243 g/mol. The molecular formula is C11H17NO5. The van der Waals surface area contributed by atoms with Gasteiger partial charge in [-0.1, -0.05) is 6.08 Å². The Labute approximate surface area is 99.7 Å². The highest BCUT2D eigenvalue weighted by atomic mass is 16.5. The number of methoxy groups -OCH3 is 2. The maximum absolute atomic E-state index is 12.1. The minimum absolute atomic E-state index is 0.122. The molecule has 0 spiro atoms. The summed E-state index contributed by atoms with van der Waals surface area (Å²) in [6, 6.07) is 0. The van der Waals surface area contributed by atoms with E-state index < -0.39 is 12.3 Å². The lowest BCUT2D eigenvalue weighted by Crippen LogP contribution is -2.45. The molecule has 6 nitrogen and oxygen atoms in total. The smallest absolute Gasteiger partial charge is 0.256 e. The Bertz CT molecular complexity index is 330. The van der Waals surface area contributed by atoms with E-state index in [0.29, 0.717) is 18.6 Å². The second-order valence-electron chi connectivity index (χ2n) is 4.02. The summed E-state index contributed by atoms with van der Waals surface area (Å²) < 4.78 is 15.8. The maximum Gasteiger partial charge on any atom is 0.256 e. The minimum Gasteiger partial charge on any atom is -0.392 e. The number of hydrogen-bond acceptors (Lipinski definition) is 5. The lowest BCUT2D eigenvalue weighted by molar-refractivity contribution is -0.155. The van der Waals surface area contributed by atoms with E-state index in [0.717, 1.165) is 0 Å². The van der Waals surface area contributed by atoms with Gasteiger partial charge >= 0.3 is 0 Å². The highest BCUT2D eigenvalue weighted by Gasteiger charge is 2.45. The van der Waals surface area contributed by atoms with E-state index >= 15 is 0 Å². The van der Waals surface area contributed by atoms with E-state index in [-0.39, 0.29) is 18.7 Å². The number of ether oxygens (including phenoxy) is 3. The molecule has 1 unspecified atom stereocenters. The highest BCUT2D eigenvalue weighted by molar-refractivity contribution is 5.84. The SMILES string of the molecule is CO[C@H]1C[C@H](OC)N(C2OCC=C2CO)C1=O. The van der Waals surface area contributed by atoms with Crippen LogP contribution < -0.4 is 0 Å². The van der Waals surface area contributed by atoms with Crippen molar-refractivity contribution < 1.29 is 24.1 Å². The molecule has 17 heavy (non-hydrogen) atoms. The molecule has 2 aliphatic rings. The second-order valence-corrected chi connectivity index (χ2v) is 4.02. The molecule has 1 saturated heterocycles. The van der Waals surface area contributed by atoms with Crippen LogP contribution in [0.2, 0.25) is 0 Å². The van der Waals surface area contributed by atoms with Gasteiger partial charge in [-0.25, -0.2) is 0 Å². The van der Waals surface area contributed by atoms with Gasteiger partial charge in [0, 0.05) is 26.2 Å². The molecule has 6 heteroatoms. The lowest BCUT2D eigenvalue weighted by atomic mass is 10.2. The van der Waals surface area contributed by atoms with E-state index in [4.69, 9.17) is 14.2 Å². The normalized spacial score (nSPS) is 33.4. The van der Waals surface area contributed by atoms with Crippen molar-refractivity contribution in [3.05, 3.63) is 11.6 Å². The molecule has 0 aromatic rings. The van der Waals surface area contributed by atoms with Crippen molar-refractivity contribution in [3.63, 3.8) is 0 Å². The van der Waals surface area contributed by atoms with Crippen LogP contribution in [0.15, 0.2) is 11.6 Å². The number of nitrogens with zero attached hydrogens (tertiary/aromatic N) is 1. The Morgan fingerprint density at radius 2 is 2.29 bits per heavy atom. The number of carbonyl (C=O) groups excluding carboxylic acids is 1. The number of amides is 1. The quantitative estimate of drug-likeness (QED) is 0.673. The largest absolute Gasteiger partial charge is 0.392 e. The van der Waals surface area contributed by atoms with E-state index in [1.54, 1.807) is 13.2 Å². The van der Waals surface area contributed by atoms with Crippen LogP contribution in [0.4, 0.5) is 0 Å². The first-order valence-corrected chi connectivity index (χ1v) is 5.52. The second kappa shape index (κ2) is 5.14. The fourth-order valence-corrected chi connectivity index (χ4v) is 2.23. The Morgan fingerprint density at radius 3 is 2.88 bits per heavy atom. The van der Waals surface area contributed by atoms with Gasteiger partial charge < -0.3 is 19.3 Å². The van der Waals surface area contributed by atoms with Crippen LogP contribution in [0.5, 0.6) is 0 Å². The summed E-state index contributed by atoms with van der Waals surface area (Å²) in [6.45, 7) is 0.279. The van der Waals surface area contributed by atoms with E-state index in [2.05, 4.69) is 0 Å². The number of carbonyl (C=O) groups is 1. The standard InChI is InChI=1S/C11H17NO5/c1-15-8-5-9(16-2)12(10(8)14)11-7(6-13)3-4-17-11/h3,8-9,11,13H,4-6H2,1-2H3/t8-,9-,11?/m0/s1. The van der Waals surface area contributed by atoms with Crippen LogP contribution in [0.1, 0.15) is 6.42 Å². The van der Waals surface area contributed by atoms with Crippen LogP contribution in [0.3, 0.4) is 0 Å². The van der Waals surface area contributed by atoms with E-state index in [1.165, 1.54) is 12.0 Å². The zero-order chi connectivity index (χ0) is 12.4. The Kier molecular flexibility index (Phi) is 3.78. The van der Waals surface area contributed by atoms with Crippen molar-refractivity contribution in [1.29, 1.82) is 0 Å². The molecule has 2 heterocycles. The summed E-state index contributed by atoms with van der Waals surface area (Å²) in [5.41, 5.74) is 0.692. The first-order valence-electron chi connectivity index (χ1n) is 5.52. The van der Waals surface area contributed by atoms with Crippen molar-refractivity contribution in [2.45, 2.75) is 25.0 Å². The molecule has 0 saturated carbocycles. The molecule has 0 radical (unpaired) electrons. The van der Waals surface area contributed by atoms with Crippen LogP contribution >= 0.6 is 0 Å². The van der Waals surface area contributed by atoms with E-state index in [9.17, 15) is 9.90 Å². The molecule has 2 aliphatic heterocycles. The van der Waals surface area contributed by atoms with Gasteiger partial charge in [0.25, 0.3) is 5.91 Å².